The number of nitrogens with two attached hydrogens (primary N) is 1. The highest BCUT2D eigenvalue weighted by Crippen LogP contribution is 2.32. The van der Waals surface area contributed by atoms with Gasteiger partial charge in [-0.25, -0.2) is 4.39 Å². The van der Waals surface area contributed by atoms with Crippen molar-refractivity contribution in [3.63, 3.8) is 0 Å². The normalized spacial score (nSPS) is 25.3. The molecule has 1 aliphatic rings. The van der Waals surface area contributed by atoms with E-state index in [0.29, 0.717) is 18.8 Å². The molecular weight excluding hydrogens is 291 g/mol. The molecule has 6 heteroatoms. The van der Waals surface area contributed by atoms with Gasteiger partial charge in [-0.1, -0.05) is 19.1 Å². The third-order valence-corrected chi connectivity index (χ3v) is 4.54. The zero-order chi connectivity index (χ0) is 15.6. The number of carbonyl (C=O) groups is 1. The van der Waals surface area contributed by atoms with Crippen LogP contribution in [0.3, 0.4) is 0 Å². The summed E-state index contributed by atoms with van der Waals surface area (Å²) in [6.45, 7) is 2.14. The van der Waals surface area contributed by atoms with Gasteiger partial charge in [0.15, 0.2) is 0 Å². The van der Waals surface area contributed by atoms with Crippen molar-refractivity contribution in [2.24, 2.45) is 11.7 Å². The number of phenolic OH excluding ortho intramolecular Hbond substituents is 1. The molecule has 1 saturated carbocycles. The van der Waals surface area contributed by atoms with Crippen LogP contribution in [-0.2, 0) is 0 Å². The maximum atomic E-state index is 13.8. The smallest absolute Gasteiger partial charge is 0.255 e. The third-order valence-electron chi connectivity index (χ3n) is 4.15. The lowest BCUT2D eigenvalue weighted by molar-refractivity contribution is 0.0896. The zero-order valence-electron chi connectivity index (χ0n) is 11.9. The van der Waals surface area contributed by atoms with E-state index in [9.17, 15) is 14.3 Å². The molecule has 2 rings (SSSR count). The van der Waals surface area contributed by atoms with Crippen molar-refractivity contribution in [3.05, 3.63) is 29.6 Å². The Hall–Kier alpha value is -1.69. The molecule has 0 saturated heterocycles. The van der Waals surface area contributed by atoms with Crippen LogP contribution in [0, 0.1) is 11.7 Å². The van der Waals surface area contributed by atoms with Crippen molar-refractivity contribution >= 4 is 23.1 Å². The minimum Gasteiger partial charge on any atom is -0.508 e. The maximum Gasteiger partial charge on any atom is 0.255 e. The Bertz CT molecular complexity index is 569. The number of amides is 1. The van der Waals surface area contributed by atoms with E-state index in [1.54, 1.807) is 0 Å². The maximum absolute atomic E-state index is 13.8. The Balaban J connectivity index is 2.21. The fourth-order valence-corrected chi connectivity index (χ4v) is 2.92. The number of aromatic hydroxyl groups is 1. The van der Waals surface area contributed by atoms with E-state index in [0.717, 1.165) is 18.9 Å². The molecule has 0 spiro atoms. The van der Waals surface area contributed by atoms with Gasteiger partial charge in [-0.3, -0.25) is 4.79 Å². The zero-order valence-corrected chi connectivity index (χ0v) is 12.7. The predicted molar refractivity (Wildman–Crippen MR) is 82.7 cm³/mol. The third kappa shape index (κ3) is 3.32. The summed E-state index contributed by atoms with van der Waals surface area (Å²) in [7, 11) is 0. The second-order valence-electron chi connectivity index (χ2n) is 5.75. The minimum atomic E-state index is -0.769. The molecule has 0 bridgehead atoms. The first-order chi connectivity index (χ1) is 9.84. The summed E-state index contributed by atoms with van der Waals surface area (Å²) in [5.41, 5.74) is 4.95. The molecule has 1 aromatic rings. The first-order valence-corrected chi connectivity index (χ1v) is 7.36. The standard InChI is InChI=1S/C15H19FN2O2S/c1-9-4-6-15(7-5-9,14(17)21)18-13(20)11-3-2-10(19)8-12(11)16/h2-3,8-9,19H,4-7H2,1H3,(H2,17,21)(H,18,20). The second kappa shape index (κ2) is 5.97. The van der Waals surface area contributed by atoms with E-state index in [2.05, 4.69) is 12.2 Å². The molecule has 21 heavy (non-hydrogen) atoms. The van der Waals surface area contributed by atoms with E-state index in [4.69, 9.17) is 18.0 Å². The van der Waals surface area contributed by atoms with Gasteiger partial charge in [-0.15, -0.1) is 0 Å². The van der Waals surface area contributed by atoms with Crippen molar-refractivity contribution in [1.82, 2.24) is 5.32 Å². The Morgan fingerprint density at radius 1 is 1.48 bits per heavy atom. The monoisotopic (exact) mass is 310 g/mol. The number of thiocarbonyl (C=S) groups is 1. The van der Waals surface area contributed by atoms with Gasteiger partial charge >= 0.3 is 0 Å². The Labute approximate surface area is 128 Å². The van der Waals surface area contributed by atoms with Gasteiger partial charge in [0.05, 0.1) is 16.1 Å². The summed E-state index contributed by atoms with van der Waals surface area (Å²) in [5, 5.41) is 12.0. The van der Waals surface area contributed by atoms with Crippen LogP contribution in [0.25, 0.3) is 0 Å². The number of halogens is 1. The highest BCUT2D eigenvalue weighted by molar-refractivity contribution is 7.80. The molecule has 0 unspecified atom stereocenters. The summed E-state index contributed by atoms with van der Waals surface area (Å²) in [4.78, 5) is 12.5. The Morgan fingerprint density at radius 2 is 2.10 bits per heavy atom. The average Bonchev–Trinajstić information content (AvgIpc) is 2.41. The fraction of sp³-hybridized carbons (Fsp3) is 0.467. The summed E-state index contributed by atoms with van der Waals surface area (Å²) in [5.74, 6) is -0.987. The number of phenols is 1. The number of nitrogens with one attached hydrogen (secondary N) is 1. The number of benzene rings is 1. The largest absolute Gasteiger partial charge is 0.508 e. The first-order valence-electron chi connectivity index (χ1n) is 6.95. The lowest BCUT2D eigenvalue weighted by atomic mass is 9.77. The van der Waals surface area contributed by atoms with Gasteiger partial charge < -0.3 is 16.2 Å². The van der Waals surface area contributed by atoms with Crippen LogP contribution in [0.2, 0.25) is 0 Å². The molecule has 0 heterocycles. The van der Waals surface area contributed by atoms with Gasteiger partial charge in [-0.05, 0) is 43.7 Å². The van der Waals surface area contributed by atoms with Crippen molar-refractivity contribution < 1.29 is 14.3 Å². The molecule has 0 aliphatic heterocycles. The number of hydrogen-bond acceptors (Lipinski definition) is 3. The SMILES string of the molecule is CC1CCC(NC(=O)c2ccc(O)cc2F)(C(N)=S)CC1. The average molecular weight is 310 g/mol. The van der Waals surface area contributed by atoms with Crippen LogP contribution in [0.15, 0.2) is 18.2 Å². The molecule has 0 radical (unpaired) electrons. The topological polar surface area (TPSA) is 75.3 Å². The van der Waals surface area contributed by atoms with E-state index in [1.165, 1.54) is 12.1 Å². The van der Waals surface area contributed by atoms with Gasteiger partial charge in [0.1, 0.15) is 11.6 Å². The van der Waals surface area contributed by atoms with Gasteiger partial charge in [-0.2, -0.15) is 0 Å². The highest BCUT2D eigenvalue weighted by atomic mass is 32.1. The molecule has 1 amide bonds. The molecule has 4 N–H and O–H groups in total. The van der Waals surface area contributed by atoms with Crippen LogP contribution in [0.4, 0.5) is 4.39 Å². The van der Waals surface area contributed by atoms with Gasteiger partial charge in [0.2, 0.25) is 0 Å². The van der Waals surface area contributed by atoms with Gasteiger partial charge in [0.25, 0.3) is 5.91 Å². The summed E-state index contributed by atoms with van der Waals surface area (Å²) < 4.78 is 13.8. The molecule has 0 aromatic heterocycles. The minimum absolute atomic E-state index is 0.123. The van der Waals surface area contributed by atoms with Crippen LogP contribution in [-0.4, -0.2) is 21.5 Å². The van der Waals surface area contributed by atoms with E-state index in [1.807, 2.05) is 0 Å². The summed E-state index contributed by atoms with van der Waals surface area (Å²) in [6, 6.07) is 3.43. The molecule has 1 fully saturated rings. The summed E-state index contributed by atoms with van der Waals surface area (Å²) >= 11 is 5.12. The molecule has 1 aliphatic carbocycles. The Morgan fingerprint density at radius 3 is 2.62 bits per heavy atom. The molecule has 4 nitrogen and oxygen atoms in total. The van der Waals surface area contributed by atoms with Crippen LogP contribution in [0.5, 0.6) is 5.75 Å². The molecule has 0 atom stereocenters. The number of hydrogen-bond donors (Lipinski definition) is 3. The van der Waals surface area contributed by atoms with Crippen LogP contribution >= 0.6 is 12.2 Å². The van der Waals surface area contributed by atoms with E-state index in [-0.39, 0.29) is 16.3 Å². The number of rotatable bonds is 3. The van der Waals surface area contributed by atoms with E-state index < -0.39 is 17.3 Å². The summed E-state index contributed by atoms with van der Waals surface area (Å²) in [6.07, 6.45) is 3.15. The van der Waals surface area contributed by atoms with Gasteiger partial charge in [0, 0.05) is 6.07 Å². The molecule has 1 aromatic carbocycles. The lowest BCUT2D eigenvalue weighted by Gasteiger charge is -2.39. The first kappa shape index (κ1) is 15.7. The van der Waals surface area contributed by atoms with Crippen LogP contribution < -0.4 is 11.1 Å². The molecule has 114 valence electrons. The van der Waals surface area contributed by atoms with E-state index >= 15 is 0 Å². The second-order valence-corrected chi connectivity index (χ2v) is 6.19. The highest BCUT2D eigenvalue weighted by Gasteiger charge is 2.38. The predicted octanol–water partition coefficient (Wildman–Crippen LogP) is 2.50. The van der Waals surface area contributed by atoms with Crippen LogP contribution in [0.1, 0.15) is 43.0 Å². The van der Waals surface area contributed by atoms with Crippen molar-refractivity contribution in [2.75, 3.05) is 0 Å². The fourth-order valence-electron chi connectivity index (χ4n) is 2.66. The lowest BCUT2D eigenvalue weighted by Crippen LogP contribution is -2.58. The van der Waals surface area contributed by atoms with Crippen molar-refractivity contribution in [2.45, 2.75) is 38.1 Å². The van der Waals surface area contributed by atoms with Crippen molar-refractivity contribution in [3.8, 4) is 5.75 Å². The Kier molecular flexibility index (Phi) is 4.46. The quantitative estimate of drug-likeness (QED) is 0.750. The molecular formula is C15H19FN2O2S. The van der Waals surface area contributed by atoms with Crippen molar-refractivity contribution in [1.29, 1.82) is 0 Å². The number of carbonyl (C=O) groups excluding carboxylic acids is 1.